The summed E-state index contributed by atoms with van der Waals surface area (Å²) in [5, 5.41) is 9.12. The van der Waals surface area contributed by atoms with Crippen LogP contribution >= 0.6 is 12.4 Å². The lowest BCUT2D eigenvalue weighted by Crippen LogP contribution is -2.12. The molecular formula is C8H10ClF2NO. The minimum atomic E-state index is -0.958. The second-order valence-electron chi connectivity index (χ2n) is 2.46. The van der Waals surface area contributed by atoms with E-state index in [1.54, 1.807) is 0 Å². The average Bonchev–Trinajstić information content (AvgIpc) is 2.08. The lowest BCUT2D eigenvalue weighted by molar-refractivity contribution is 0.412. The number of hydrogen-bond acceptors (Lipinski definition) is 2. The van der Waals surface area contributed by atoms with E-state index in [1.807, 2.05) is 0 Å². The zero-order valence-corrected chi connectivity index (χ0v) is 7.52. The molecule has 13 heavy (non-hydrogen) atoms. The summed E-state index contributed by atoms with van der Waals surface area (Å²) in [6.45, 7) is -0.822. The monoisotopic (exact) mass is 209 g/mol. The minimum Gasteiger partial charge on any atom is -0.508 e. The summed E-state index contributed by atoms with van der Waals surface area (Å²) in [4.78, 5) is 0. The molecular weight excluding hydrogens is 200 g/mol. The number of alkyl halides is 1. The highest BCUT2D eigenvalue weighted by Gasteiger charge is 2.10. The van der Waals surface area contributed by atoms with Crippen molar-refractivity contribution in [2.75, 3.05) is 6.67 Å². The number of phenols is 1. The van der Waals surface area contributed by atoms with Crippen molar-refractivity contribution in [2.24, 2.45) is 5.73 Å². The van der Waals surface area contributed by atoms with Crippen molar-refractivity contribution >= 4 is 12.4 Å². The van der Waals surface area contributed by atoms with Crippen LogP contribution in [-0.2, 0) is 0 Å². The molecule has 0 saturated carbocycles. The minimum absolute atomic E-state index is 0. The number of benzene rings is 1. The first-order valence-electron chi connectivity index (χ1n) is 3.45. The predicted molar refractivity (Wildman–Crippen MR) is 48.2 cm³/mol. The summed E-state index contributed by atoms with van der Waals surface area (Å²) in [5.41, 5.74) is 5.36. The van der Waals surface area contributed by atoms with Crippen molar-refractivity contribution in [3.05, 3.63) is 29.6 Å². The average molecular weight is 210 g/mol. The Morgan fingerprint density at radius 1 is 1.46 bits per heavy atom. The second kappa shape index (κ2) is 4.99. The molecule has 0 aliphatic heterocycles. The van der Waals surface area contributed by atoms with Crippen LogP contribution in [0, 0.1) is 5.82 Å². The molecule has 0 radical (unpaired) electrons. The van der Waals surface area contributed by atoms with E-state index in [0.717, 1.165) is 18.2 Å². The molecule has 5 heteroatoms. The number of aromatic hydroxyl groups is 1. The molecule has 0 aliphatic carbocycles. The molecule has 1 aromatic carbocycles. The van der Waals surface area contributed by atoms with Gasteiger partial charge in [-0.3, -0.25) is 0 Å². The molecule has 3 N–H and O–H groups in total. The van der Waals surface area contributed by atoms with Gasteiger partial charge in [-0.25, -0.2) is 8.78 Å². The first-order valence-corrected chi connectivity index (χ1v) is 3.45. The number of halogens is 3. The maximum Gasteiger partial charge on any atom is 0.123 e. The summed E-state index contributed by atoms with van der Waals surface area (Å²) >= 11 is 0. The first kappa shape index (κ1) is 12.1. The third-order valence-electron chi connectivity index (χ3n) is 1.56. The summed E-state index contributed by atoms with van der Waals surface area (Å²) in [5.74, 6) is -0.715. The third-order valence-corrected chi connectivity index (χ3v) is 1.56. The Labute approximate surface area is 80.8 Å². The Balaban J connectivity index is 0.00000144. The van der Waals surface area contributed by atoms with Crippen LogP contribution in [0.25, 0.3) is 0 Å². The lowest BCUT2D eigenvalue weighted by atomic mass is 10.1. The van der Waals surface area contributed by atoms with Gasteiger partial charge in [0.25, 0.3) is 0 Å². The van der Waals surface area contributed by atoms with Gasteiger partial charge in [0, 0.05) is 5.56 Å². The largest absolute Gasteiger partial charge is 0.508 e. The lowest BCUT2D eigenvalue weighted by Gasteiger charge is -2.08. The zero-order chi connectivity index (χ0) is 9.14. The summed E-state index contributed by atoms with van der Waals surface area (Å²) < 4.78 is 24.6. The van der Waals surface area contributed by atoms with E-state index in [2.05, 4.69) is 0 Å². The summed E-state index contributed by atoms with van der Waals surface area (Å²) in [6.07, 6.45) is 0. The Bertz CT molecular complexity index is 283. The van der Waals surface area contributed by atoms with Crippen LogP contribution < -0.4 is 5.73 Å². The summed E-state index contributed by atoms with van der Waals surface area (Å²) in [7, 11) is 0. The van der Waals surface area contributed by atoms with Gasteiger partial charge in [-0.2, -0.15) is 0 Å². The molecule has 0 aromatic heterocycles. The molecule has 0 spiro atoms. The van der Waals surface area contributed by atoms with Gasteiger partial charge >= 0.3 is 0 Å². The van der Waals surface area contributed by atoms with Crippen molar-refractivity contribution < 1.29 is 13.9 Å². The Morgan fingerprint density at radius 2 is 2.08 bits per heavy atom. The van der Waals surface area contributed by atoms with Gasteiger partial charge in [-0.1, -0.05) is 0 Å². The van der Waals surface area contributed by atoms with E-state index in [1.165, 1.54) is 0 Å². The Hall–Kier alpha value is -0.870. The highest BCUT2D eigenvalue weighted by molar-refractivity contribution is 5.85. The normalized spacial score (nSPS) is 11.9. The predicted octanol–water partition coefficient (Wildman–Crippen LogP) is 1.92. The maximum absolute atomic E-state index is 12.6. The van der Waals surface area contributed by atoms with Gasteiger partial charge in [0.15, 0.2) is 0 Å². The highest BCUT2D eigenvalue weighted by Crippen LogP contribution is 2.23. The van der Waals surface area contributed by atoms with Crippen LogP contribution in [0.5, 0.6) is 5.75 Å². The zero-order valence-electron chi connectivity index (χ0n) is 6.71. The number of phenolic OH excluding ortho intramolecular Hbond substituents is 1. The fraction of sp³-hybridized carbons (Fsp3) is 0.250. The molecule has 74 valence electrons. The van der Waals surface area contributed by atoms with E-state index in [-0.39, 0.29) is 23.7 Å². The molecule has 0 heterocycles. The molecule has 0 amide bonds. The molecule has 0 aliphatic rings. The van der Waals surface area contributed by atoms with Gasteiger partial charge in [0.2, 0.25) is 0 Å². The molecule has 0 saturated heterocycles. The fourth-order valence-electron chi connectivity index (χ4n) is 0.905. The van der Waals surface area contributed by atoms with E-state index in [4.69, 9.17) is 10.8 Å². The van der Waals surface area contributed by atoms with E-state index >= 15 is 0 Å². The van der Waals surface area contributed by atoms with E-state index in [9.17, 15) is 8.78 Å². The van der Waals surface area contributed by atoms with Crippen LogP contribution in [0.2, 0.25) is 0 Å². The van der Waals surface area contributed by atoms with Crippen molar-refractivity contribution in [1.29, 1.82) is 0 Å². The number of nitrogens with two attached hydrogens (primary N) is 1. The summed E-state index contributed by atoms with van der Waals surface area (Å²) in [6, 6.07) is 2.31. The molecule has 1 rings (SSSR count). The molecule has 0 bridgehead atoms. The Kier molecular flexibility index (Phi) is 4.66. The number of rotatable bonds is 2. The highest BCUT2D eigenvalue weighted by atomic mass is 35.5. The molecule has 1 atom stereocenters. The number of hydrogen-bond donors (Lipinski definition) is 2. The van der Waals surface area contributed by atoms with Gasteiger partial charge < -0.3 is 10.8 Å². The maximum atomic E-state index is 12.6. The van der Waals surface area contributed by atoms with Crippen LogP contribution in [0.3, 0.4) is 0 Å². The van der Waals surface area contributed by atoms with Gasteiger partial charge in [0.1, 0.15) is 18.2 Å². The smallest absolute Gasteiger partial charge is 0.123 e. The van der Waals surface area contributed by atoms with Crippen molar-refractivity contribution in [2.45, 2.75) is 6.04 Å². The van der Waals surface area contributed by atoms with Crippen molar-refractivity contribution in [3.63, 3.8) is 0 Å². The molecule has 0 fully saturated rings. The van der Waals surface area contributed by atoms with Crippen LogP contribution in [0.1, 0.15) is 11.6 Å². The van der Waals surface area contributed by atoms with Crippen molar-refractivity contribution in [3.8, 4) is 5.75 Å². The van der Waals surface area contributed by atoms with E-state index < -0.39 is 18.5 Å². The fourth-order valence-corrected chi connectivity index (χ4v) is 0.905. The molecule has 0 unspecified atom stereocenters. The SMILES string of the molecule is Cl.N[C@H](CF)c1cc(F)ccc1O. The topological polar surface area (TPSA) is 46.2 Å². The van der Waals surface area contributed by atoms with Crippen molar-refractivity contribution in [1.82, 2.24) is 0 Å². The van der Waals surface area contributed by atoms with Crippen LogP contribution in [0.4, 0.5) is 8.78 Å². The first-order chi connectivity index (χ1) is 5.65. The third kappa shape index (κ3) is 2.82. The van der Waals surface area contributed by atoms with Gasteiger partial charge in [-0.15, -0.1) is 12.4 Å². The van der Waals surface area contributed by atoms with Gasteiger partial charge in [-0.05, 0) is 18.2 Å². The van der Waals surface area contributed by atoms with E-state index in [0.29, 0.717) is 0 Å². The van der Waals surface area contributed by atoms with Crippen LogP contribution in [0.15, 0.2) is 18.2 Å². The Morgan fingerprint density at radius 3 is 2.62 bits per heavy atom. The van der Waals surface area contributed by atoms with Gasteiger partial charge in [0.05, 0.1) is 6.04 Å². The second-order valence-corrected chi connectivity index (χ2v) is 2.46. The van der Waals surface area contributed by atoms with Crippen LogP contribution in [-0.4, -0.2) is 11.8 Å². The molecule has 2 nitrogen and oxygen atoms in total. The standard InChI is InChI=1S/C8H9F2NO.ClH/c9-4-7(11)6-3-5(10)1-2-8(6)12;/h1-3,7,12H,4,11H2;1H/t7-;/m1./s1. The molecule has 1 aromatic rings. The quantitative estimate of drug-likeness (QED) is 0.782.